The van der Waals surface area contributed by atoms with Crippen LogP contribution in [-0.4, -0.2) is 11.7 Å². The highest BCUT2D eigenvalue weighted by Crippen LogP contribution is 2.22. The molecule has 24 heavy (non-hydrogen) atoms. The molecule has 1 amide bonds. The molecule has 0 heterocycles. The lowest BCUT2D eigenvalue weighted by Crippen LogP contribution is -2.30. The van der Waals surface area contributed by atoms with Crippen molar-refractivity contribution in [2.75, 3.05) is 5.75 Å². The van der Waals surface area contributed by atoms with Crippen LogP contribution in [0.2, 0.25) is 0 Å². The molecule has 0 aliphatic carbocycles. The summed E-state index contributed by atoms with van der Waals surface area (Å²) in [5.41, 5.74) is 6.26. The second kappa shape index (κ2) is 8.93. The van der Waals surface area contributed by atoms with E-state index in [-0.39, 0.29) is 11.9 Å². The summed E-state index contributed by atoms with van der Waals surface area (Å²) in [6, 6.07) is 15.0. The SMILES string of the molecule is CCC(NC(=O)CSCc1cccc(C)c1)c1ccc(C)cc1C. The summed E-state index contributed by atoms with van der Waals surface area (Å²) in [5, 5.41) is 3.18. The van der Waals surface area contributed by atoms with Gasteiger partial charge in [-0.05, 0) is 43.9 Å². The molecule has 3 heteroatoms. The molecule has 0 spiro atoms. The van der Waals surface area contributed by atoms with Crippen molar-refractivity contribution in [1.29, 1.82) is 0 Å². The van der Waals surface area contributed by atoms with E-state index >= 15 is 0 Å². The van der Waals surface area contributed by atoms with Gasteiger partial charge in [0.2, 0.25) is 5.91 Å². The van der Waals surface area contributed by atoms with Crippen molar-refractivity contribution >= 4 is 17.7 Å². The molecule has 2 aromatic carbocycles. The number of aryl methyl sites for hydroxylation is 3. The van der Waals surface area contributed by atoms with E-state index in [1.807, 2.05) is 0 Å². The fraction of sp³-hybridized carbons (Fsp3) is 0.381. The molecule has 128 valence electrons. The monoisotopic (exact) mass is 341 g/mol. The smallest absolute Gasteiger partial charge is 0.230 e. The third kappa shape index (κ3) is 5.41. The van der Waals surface area contributed by atoms with Gasteiger partial charge in [-0.15, -0.1) is 11.8 Å². The van der Waals surface area contributed by atoms with E-state index in [0.29, 0.717) is 5.75 Å². The van der Waals surface area contributed by atoms with Gasteiger partial charge in [0, 0.05) is 5.75 Å². The van der Waals surface area contributed by atoms with E-state index in [4.69, 9.17) is 0 Å². The highest BCUT2D eigenvalue weighted by molar-refractivity contribution is 7.99. The van der Waals surface area contributed by atoms with Gasteiger partial charge in [0.1, 0.15) is 0 Å². The van der Waals surface area contributed by atoms with Crippen LogP contribution in [0, 0.1) is 20.8 Å². The Morgan fingerprint density at radius 2 is 1.83 bits per heavy atom. The lowest BCUT2D eigenvalue weighted by Gasteiger charge is -2.20. The lowest BCUT2D eigenvalue weighted by molar-refractivity contribution is -0.119. The maximum Gasteiger partial charge on any atom is 0.230 e. The van der Waals surface area contributed by atoms with E-state index in [1.165, 1.54) is 27.8 Å². The molecule has 0 fully saturated rings. The van der Waals surface area contributed by atoms with Gasteiger partial charge in [0.05, 0.1) is 11.8 Å². The quantitative estimate of drug-likeness (QED) is 0.758. The van der Waals surface area contributed by atoms with E-state index in [1.54, 1.807) is 11.8 Å². The Hall–Kier alpha value is -1.74. The summed E-state index contributed by atoms with van der Waals surface area (Å²) in [5.74, 6) is 1.48. The molecule has 1 unspecified atom stereocenters. The summed E-state index contributed by atoms with van der Waals surface area (Å²) in [4.78, 5) is 12.3. The lowest BCUT2D eigenvalue weighted by atomic mass is 9.97. The highest BCUT2D eigenvalue weighted by atomic mass is 32.2. The van der Waals surface area contributed by atoms with Crippen LogP contribution in [0.1, 0.15) is 47.2 Å². The molecule has 0 saturated heterocycles. The number of amides is 1. The van der Waals surface area contributed by atoms with Gasteiger partial charge in [-0.25, -0.2) is 0 Å². The van der Waals surface area contributed by atoms with Crippen molar-refractivity contribution in [1.82, 2.24) is 5.32 Å². The van der Waals surface area contributed by atoms with Crippen molar-refractivity contribution in [2.24, 2.45) is 0 Å². The van der Waals surface area contributed by atoms with Gasteiger partial charge in [-0.3, -0.25) is 4.79 Å². The number of benzene rings is 2. The average Bonchev–Trinajstić information content (AvgIpc) is 2.53. The van der Waals surface area contributed by atoms with Crippen LogP contribution in [0.3, 0.4) is 0 Å². The minimum absolute atomic E-state index is 0.0951. The van der Waals surface area contributed by atoms with Crippen molar-refractivity contribution in [3.05, 3.63) is 70.3 Å². The minimum atomic E-state index is 0.0951. The van der Waals surface area contributed by atoms with Gasteiger partial charge >= 0.3 is 0 Å². The van der Waals surface area contributed by atoms with Gasteiger partial charge in [-0.2, -0.15) is 0 Å². The molecule has 1 N–H and O–H groups in total. The molecule has 0 aromatic heterocycles. The first kappa shape index (κ1) is 18.6. The van der Waals surface area contributed by atoms with Crippen molar-refractivity contribution in [3.63, 3.8) is 0 Å². The molecule has 2 rings (SSSR count). The summed E-state index contributed by atoms with van der Waals surface area (Å²) in [6.07, 6.45) is 0.901. The molecule has 0 radical (unpaired) electrons. The van der Waals surface area contributed by atoms with E-state index < -0.39 is 0 Å². The predicted molar refractivity (Wildman–Crippen MR) is 104 cm³/mol. The first-order valence-electron chi connectivity index (χ1n) is 8.49. The van der Waals surface area contributed by atoms with Crippen LogP contribution in [0.15, 0.2) is 42.5 Å². The second-order valence-electron chi connectivity index (χ2n) is 6.37. The molecular formula is C21H27NOS. The zero-order valence-corrected chi connectivity index (χ0v) is 15.9. The maximum absolute atomic E-state index is 12.3. The fourth-order valence-corrected chi connectivity index (χ4v) is 3.70. The first-order chi connectivity index (χ1) is 11.5. The average molecular weight is 342 g/mol. The van der Waals surface area contributed by atoms with Crippen LogP contribution in [0.25, 0.3) is 0 Å². The molecule has 0 aliphatic heterocycles. The number of thioether (sulfide) groups is 1. The Balaban J connectivity index is 1.88. The normalized spacial score (nSPS) is 12.0. The largest absolute Gasteiger partial charge is 0.349 e. The molecule has 2 aromatic rings. The van der Waals surface area contributed by atoms with E-state index in [0.717, 1.165) is 12.2 Å². The molecule has 0 bridgehead atoms. The summed E-state index contributed by atoms with van der Waals surface area (Å²) < 4.78 is 0. The van der Waals surface area contributed by atoms with Gasteiger partial charge in [-0.1, -0.05) is 60.5 Å². The number of rotatable bonds is 7. The van der Waals surface area contributed by atoms with Gasteiger partial charge < -0.3 is 5.32 Å². The van der Waals surface area contributed by atoms with Crippen LogP contribution < -0.4 is 5.32 Å². The Labute approximate surface area is 150 Å². The molecule has 0 aliphatic rings. The summed E-state index contributed by atoms with van der Waals surface area (Å²) in [6.45, 7) is 8.42. The van der Waals surface area contributed by atoms with Gasteiger partial charge in [0.15, 0.2) is 0 Å². The summed E-state index contributed by atoms with van der Waals surface area (Å²) >= 11 is 1.67. The maximum atomic E-state index is 12.3. The Kier molecular flexibility index (Phi) is 6.92. The van der Waals surface area contributed by atoms with E-state index in [2.05, 4.69) is 75.5 Å². The zero-order valence-electron chi connectivity index (χ0n) is 15.1. The minimum Gasteiger partial charge on any atom is -0.349 e. The van der Waals surface area contributed by atoms with Crippen LogP contribution >= 0.6 is 11.8 Å². The Morgan fingerprint density at radius 3 is 2.50 bits per heavy atom. The van der Waals surface area contributed by atoms with E-state index in [9.17, 15) is 4.79 Å². The molecular weight excluding hydrogens is 314 g/mol. The molecule has 1 atom stereocenters. The topological polar surface area (TPSA) is 29.1 Å². The fourth-order valence-electron chi connectivity index (χ4n) is 2.92. The second-order valence-corrected chi connectivity index (χ2v) is 7.36. The third-order valence-corrected chi connectivity index (χ3v) is 5.13. The van der Waals surface area contributed by atoms with Crippen molar-refractivity contribution in [2.45, 2.75) is 45.9 Å². The zero-order chi connectivity index (χ0) is 17.5. The number of hydrogen-bond donors (Lipinski definition) is 1. The van der Waals surface area contributed by atoms with Crippen LogP contribution in [-0.2, 0) is 10.5 Å². The number of hydrogen-bond acceptors (Lipinski definition) is 2. The first-order valence-corrected chi connectivity index (χ1v) is 9.65. The van der Waals surface area contributed by atoms with Gasteiger partial charge in [0.25, 0.3) is 0 Å². The predicted octanol–water partition coefficient (Wildman–Crippen LogP) is 5.11. The number of carbonyl (C=O) groups excluding carboxylic acids is 1. The van der Waals surface area contributed by atoms with Crippen LogP contribution in [0.5, 0.6) is 0 Å². The Bertz CT molecular complexity index is 696. The van der Waals surface area contributed by atoms with Crippen LogP contribution in [0.4, 0.5) is 0 Å². The molecule has 0 saturated carbocycles. The standard InChI is InChI=1S/C21H27NOS/c1-5-20(19-10-9-16(3)11-17(19)4)22-21(23)14-24-13-18-8-6-7-15(2)12-18/h6-12,20H,5,13-14H2,1-4H3,(H,22,23). The number of nitrogens with one attached hydrogen (secondary N) is 1. The highest BCUT2D eigenvalue weighted by Gasteiger charge is 2.14. The number of carbonyl (C=O) groups is 1. The Morgan fingerprint density at radius 1 is 1.08 bits per heavy atom. The van der Waals surface area contributed by atoms with Crippen molar-refractivity contribution in [3.8, 4) is 0 Å². The van der Waals surface area contributed by atoms with Crippen molar-refractivity contribution < 1.29 is 4.79 Å². The summed E-state index contributed by atoms with van der Waals surface area (Å²) in [7, 11) is 0. The third-order valence-electron chi connectivity index (χ3n) is 4.13. The molecule has 2 nitrogen and oxygen atoms in total.